The Hall–Kier alpha value is -0.240. The van der Waals surface area contributed by atoms with Gasteiger partial charge in [-0.05, 0) is 12.8 Å². The van der Waals surface area contributed by atoms with Crippen molar-refractivity contribution >= 4 is 18.4 Å². The van der Waals surface area contributed by atoms with Crippen LogP contribution in [0.4, 0.5) is 0 Å². The molecule has 28 heavy (non-hydrogen) atoms. The summed E-state index contributed by atoms with van der Waals surface area (Å²) in [6, 6.07) is 0. The molecule has 3 heteroatoms. The molecule has 0 spiro atoms. The van der Waals surface area contributed by atoms with Gasteiger partial charge in [-0.25, -0.2) is 0 Å². The zero-order valence-electron chi connectivity index (χ0n) is 19.2. The van der Waals surface area contributed by atoms with Crippen LogP contribution in [-0.4, -0.2) is 11.1 Å². The second-order valence-electron chi connectivity index (χ2n) is 8.62. The summed E-state index contributed by atoms with van der Waals surface area (Å²) in [5, 5.41) is 9.43. The van der Waals surface area contributed by atoms with E-state index in [2.05, 4.69) is 13.8 Å². The largest absolute Gasteiger partial charge is 0.481 e. The van der Waals surface area contributed by atoms with Crippen molar-refractivity contribution in [1.82, 2.24) is 0 Å². The Morgan fingerprint density at radius 3 is 1.04 bits per heavy atom. The van der Waals surface area contributed by atoms with Gasteiger partial charge in [-0.2, -0.15) is 0 Å². The van der Waals surface area contributed by atoms with Crippen molar-refractivity contribution in [3.8, 4) is 0 Å². The molecule has 2 nitrogen and oxygen atoms in total. The monoisotopic (exact) mass is 418 g/mol. The van der Waals surface area contributed by atoms with Gasteiger partial charge in [-0.3, -0.25) is 4.79 Å². The fourth-order valence-electron chi connectivity index (χ4n) is 3.97. The van der Waals surface area contributed by atoms with Crippen molar-refractivity contribution in [3.63, 3.8) is 0 Å². The van der Waals surface area contributed by atoms with Gasteiger partial charge in [0.2, 0.25) is 0 Å². The molecule has 0 rings (SSSR count). The van der Waals surface area contributed by atoms with E-state index in [4.69, 9.17) is 0 Å². The van der Waals surface area contributed by atoms with Gasteiger partial charge >= 0.3 is 5.97 Å². The molecule has 1 atom stereocenters. The van der Waals surface area contributed by atoms with Crippen molar-refractivity contribution in [1.29, 1.82) is 0 Å². The lowest BCUT2D eigenvalue weighted by atomic mass is 9.94. The quantitative estimate of drug-likeness (QED) is 0.178. The van der Waals surface area contributed by atoms with Gasteiger partial charge < -0.3 is 5.11 Å². The molecule has 0 aromatic rings. The van der Waals surface area contributed by atoms with E-state index in [1.807, 2.05) is 0 Å². The van der Waals surface area contributed by atoms with Crippen LogP contribution in [0.2, 0.25) is 0 Å². The maximum atomic E-state index is 11.5. The molecule has 0 aliphatic heterocycles. The minimum Gasteiger partial charge on any atom is -0.481 e. The molecule has 0 saturated heterocycles. The second-order valence-corrected chi connectivity index (χ2v) is 8.62. The molecule has 170 valence electrons. The highest BCUT2D eigenvalue weighted by Crippen LogP contribution is 2.20. The van der Waals surface area contributed by atoms with Crippen molar-refractivity contribution in [2.24, 2.45) is 5.92 Å². The number of hydrogen-bond donors (Lipinski definition) is 1. The van der Waals surface area contributed by atoms with E-state index in [0.717, 1.165) is 25.7 Å². The molecule has 0 heterocycles. The number of unbranched alkanes of at least 4 members (excludes halogenated alkanes) is 17. The summed E-state index contributed by atoms with van der Waals surface area (Å²) < 4.78 is 0. The van der Waals surface area contributed by atoms with E-state index < -0.39 is 5.97 Å². The normalized spacial score (nSPS) is 11.9. The van der Waals surface area contributed by atoms with Crippen molar-refractivity contribution in [3.05, 3.63) is 0 Å². The summed E-state index contributed by atoms with van der Waals surface area (Å²) in [5.41, 5.74) is 0. The third-order valence-corrected chi connectivity index (χ3v) is 5.91. The molecule has 0 bridgehead atoms. The molecule has 0 fully saturated rings. The van der Waals surface area contributed by atoms with E-state index in [0.29, 0.717) is 0 Å². The molecule has 0 aliphatic rings. The minimum atomic E-state index is -0.565. The first-order chi connectivity index (χ1) is 13.2. The van der Waals surface area contributed by atoms with Crippen LogP contribution in [-0.2, 0) is 4.79 Å². The lowest BCUT2D eigenvalue weighted by Gasteiger charge is -2.12. The Morgan fingerprint density at radius 2 is 0.786 bits per heavy atom. The Bertz CT molecular complexity index is 307. The number of carboxylic acid groups (broad SMARTS) is 1. The summed E-state index contributed by atoms with van der Waals surface area (Å²) >= 11 is 0. The Kier molecular flexibility index (Phi) is 26.5. The fourth-order valence-corrected chi connectivity index (χ4v) is 3.97. The summed E-state index contributed by atoms with van der Waals surface area (Å²) in [6.45, 7) is 4.52. The highest BCUT2D eigenvalue weighted by Gasteiger charge is 2.16. The Labute approximate surface area is 183 Å². The van der Waals surface area contributed by atoms with Crippen LogP contribution in [0.3, 0.4) is 0 Å². The zero-order valence-corrected chi connectivity index (χ0v) is 20.0. The first-order valence-electron chi connectivity index (χ1n) is 12.4. The van der Waals surface area contributed by atoms with Gasteiger partial charge in [0, 0.05) is 0 Å². The summed E-state index contributed by atoms with van der Waals surface area (Å²) in [5.74, 6) is -0.659. The Morgan fingerprint density at radius 1 is 0.536 bits per heavy atom. The third-order valence-electron chi connectivity index (χ3n) is 5.91. The average Bonchev–Trinajstić information content (AvgIpc) is 2.66. The molecule has 1 N–H and O–H groups in total. The molecule has 0 saturated carbocycles. The van der Waals surface area contributed by atoms with E-state index in [1.165, 1.54) is 109 Å². The van der Waals surface area contributed by atoms with Crippen molar-refractivity contribution in [2.75, 3.05) is 0 Å². The topological polar surface area (TPSA) is 37.3 Å². The van der Waals surface area contributed by atoms with E-state index in [9.17, 15) is 9.90 Å². The van der Waals surface area contributed by atoms with Gasteiger partial charge in [-0.1, -0.05) is 136 Å². The first kappa shape index (κ1) is 30.0. The highest BCUT2D eigenvalue weighted by atomic mass is 35.5. The minimum absolute atomic E-state index is 0. The van der Waals surface area contributed by atoms with E-state index in [1.54, 1.807) is 0 Å². The molecular formula is C25H51ClO2. The van der Waals surface area contributed by atoms with Crippen LogP contribution in [0.5, 0.6) is 0 Å². The summed E-state index contributed by atoms with van der Waals surface area (Å²) in [7, 11) is 0. The lowest BCUT2D eigenvalue weighted by molar-refractivity contribution is -0.142. The third kappa shape index (κ3) is 22.1. The smallest absolute Gasteiger partial charge is 0.306 e. The molecule has 1 unspecified atom stereocenters. The first-order valence-corrected chi connectivity index (χ1v) is 12.4. The highest BCUT2D eigenvalue weighted by molar-refractivity contribution is 5.85. The predicted octanol–water partition coefficient (Wildman–Crippen LogP) is 9.34. The number of aliphatic carboxylic acids is 1. The molecule has 0 aliphatic carbocycles. The molecule has 0 amide bonds. The molecular weight excluding hydrogens is 368 g/mol. The van der Waals surface area contributed by atoms with Crippen molar-refractivity contribution in [2.45, 2.75) is 149 Å². The van der Waals surface area contributed by atoms with Crippen LogP contribution < -0.4 is 0 Å². The number of carbonyl (C=O) groups is 1. The van der Waals surface area contributed by atoms with E-state index >= 15 is 0 Å². The number of rotatable bonds is 22. The maximum Gasteiger partial charge on any atom is 0.306 e. The average molecular weight is 419 g/mol. The zero-order chi connectivity index (χ0) is 20.0. The van der Waals surface area contributed by atoms with Crippen LogP contribution in [0.15, 0.2) is 0 Å². The van der Waals surface area contributed by atoms with Crippen LogP contribution in [0, 0.1) is 5.92 Å². The van der Waals surface area contributed by atoms with Gasteiger partial charge in [0.1, 0.15) is 0 Å². The molecule has 0 radical (unpaired) electrons. The summed E-state index contributed by atoms with van der Waals surface area (Å²) in [4.78, 5) is 11.5. The van der Waals surface area contributed by atoms with Gasteiger partial charge in [-0.15, -0.1) is 12.4 Å². The number of carboxylic acids is 1. The molecule has 0 aromatic heterocycles. The number of hydrogen-bond acceptors (Lipinski definition) is 1. The fraction of sp³-hybridized carbons (Fsp3) is 0.960. The van der Waals surface area contributed by atoms with Crippen LogP contribution in [0.1, 0.15) is 149 Å². The maximum absolute atomic E-state index is 11.5. The second kappa shape index (κ2) is 24.8. The predicted molar refractivity (Wildman–Crippen MR) is 127 cm³/mol. The van der Waals surface area contributed by atoms with Crippen molar-refractivity contribution < 1.29 is 9.90 Å². The van der Waals surface area contributed by atoms with Gasteiger partial charge in [0.25, 0.3) is 0 Å². The lowest BCUT2D eigenvalue weighted by Crippen LogP contribution is -2.13. The number of halogens is 1. The van der Waals surface area contributed by atoms with Crippen LogP contribution in [0.25, 0.3) is 0 Å². The van der Waals surface area contributed by atoms with Gasteiger partial charge in [0.15, 0.2) is 0 Å². The van der Waals surface area contributed by atoms with Crippen LogP contribution >= 0.6 is 12.4 Å². The summed E-state index contributed by atoms with van der Waals surface area (Å²) in [6.07, 6.45) is 26.8. The van der Waals surface area contributed by atoms with Gasteiger partial charge in [0.05, 0.1) is 5.92 Å². The van der Waals surface area contributed by atoms with E-state index in [-0.39, 0.29) is 18.3 Å². The SMILES string of the molecule is CCCCCCCCCCCCCC(CCCCCCCCCC)C(=O)O.Cl. The standard InChI is InChI=1S/C25H50O2.ClH/c1-3-5-7-9-11-13-14-15-17-19-21-23-24(25(26)27)22-20-18-16-12-10-8-6-4-2;/h24H,3-23H2,1-2H3,(H,26,27);1H. The molecule has 0 aromatic carbocycles. The Balaban J connectivity index is 0.